The summed E-state index contributed by atoms with van der Waals surface area (Å²) in [5.74, 6) is -1.48. The van der Waals surface area contributed by atoms with E-state index in [1.54, 1.807) is 24.3 Å². The van der Waals surface area contributed by atoms with Gasteiger partial charge in [-0.15, -0.1) is 0 Å². The number of ether oxygens (including phenoxy) is 1. The van der Waals surface area contributed by atoms with E-state index in [2.05, 4.69) is 21.2 Å². The molecule has 0 aliphatic carbocycles. The third-order valence-electron chi connectivity index (χ3n) is 3.89. The zero-order chi connectivity index (χ0) is 21.9. The summed E-state index contributed by atoms with van der Waals surface area (Å²) in [6.45, 7) is 6.03. The van der Waals surface area contributed by atoms with Crippen LogP contribution in [0.2, 0.25) is 0 Å². The van der Waals surface area contributed by atoms with Gasteiger partial charge in [0.1, 0.15) is 5.75 Å². The van der Waals surface area contributed by atoms with E-state index in [1.807, 2.05) is 39.0 Å². The Balaban J connectivity index is 1.92. The molecular formula is C22H26N4O4. The van der Waals surface area contributed by atoms with Crippen LogP contribution < -0.4 is 20.8 Å². The first kappa shape index (κ1) is 22.6. The number of para-hydroxylation sites is 1. The van der Waals surface area contributed by atoms with Gasteiger partial charge in [-0.3, -0.25) is 14.4 Å². The summed E-state index contributed by atoms with van der Waals surface area (Å²) in [6, 6.07) is 12.7. The normalized spacial score (nSPS) is 10.5. The summed E-state index contributed by atoms with van der Waals surface area (Å²) in [5, 5.41) is 9.04. The molecule has 0 unspecified atom stereocenters. The van der Waals surface area contributed by atoms with E-state index in [4.69, 9.17) is 4.74 Å². The van der Waals surface area contributed by atoms with Crippen LogP contribution in [0.5, 0.6) is 5.75 Å². The second-order valence-electron chi connectivity index (χ2n) is 6.71. The number of hydrogen-bond donors (Lipinski definition) is 3. The molecule has 2 aromatic carbocycles. The minimum atomic E-state index is -0.856. The number of hydrogen-bond acceptors (Lipinski definition) is 5. The van der Waals surface area contributed by atoms with E-state index in [1.165, 1.54) is 6.21 Å². The molecule has 0 aromatic heterocycles. The number of rotatable bonds is 8. The largest absolute Gasteiger partial charge is 0.483 e. The highest BCUT2D eigenvalue weighted by Crippen LogP contribution is 2.17. The molecule has 0 fully saturated rings. The van der Waals surface area contributed by atoms with Gasteiger partial charge < -0.3 is 15.4 Å². The maximum atomic E-state index is 12.2. The second-order valence-corrected chi connectivity index (χ2v) is 6.71. The predicted octanol–water partition coefficient (Wildman–Crippen LogP) is 2.30. The van der Waals surface area contributed by atoms with Crippen molar-refractivity contribution in [1.29, 1.82) is 0 Å². The monoisotopic (exact) mass is 410 g/mol. The van der Waals surface area contributed by atoms with Gasteiger partial charge in [0.25, 0.3) is 5.91 Å². The molecule has 0 aliphatic rings. The quantitative estimate of drug-likeness (QED) is 0.352. The van der Waals surface area contributed by atoms with Crippen molar-refractivity contribution in [2.24, 2.45) is 5.10 Å². The number of amides is 3. The van der Waals surface area contributed by atoms with E-state index in [9.17, 15) is 14.4 Å². The lowest BCUT2D eigenvalue weighted by molar-refractivity contribution is -0.139. The van der Waals surface area contributed by atoms with Gasteiger partial charge in [0.05, 0.1) is 6.21 Å². The number of carbonyl (C=O) groups excluding carboxylic acids is 3. The summed E-state index contributed by atoms with van der Waals surface area (Å²) in [5.41, 5.74) is 5.52. The molecule has 0 spiro atoms. The topological polar surface area (TPSA) is 109 Å². The molecule has 30 heavy (non-hydrogen) atoms. The summed E-state index contributed by atoms with van der Waals surface area (Å²) in [7, 11) is 0. The van der Waals surface area contributed by atoms with Crippen LogP contribution >= 0.6 is 0 Å². The average molecular weight is 410 g/mol. The Hall–Kier alpha value is -3.68. The molecule has 2 aromatic rings. The van der Waals surface area contributed by atoms with Gasteiger partial charge in [0.2, 0.25) is 0 Å². The first-order valence-corrected chi connectivity index (χ1v) is 9.60. The van der Waals surface area contributed by atoms with Crippen molar-refractivity contribution in [3.05, 3.63) is 59.2 Å². The van der Waals surface area contributed by atoms with Crippen LogP contribution in [-0.4, -0.2) is 37.1 Å². The molecular weight excluding hydrogens is 384 g/mol. The highest BCUT2D eigenvalue weighted by atomic mass is 16.5. The van der Waals surface area contributed by atoms with Gasteiger partial charge in [-0.05, 0) is 55.7 Å². The number of nitrogens with zero attached hydrogens (tertiary/aromatic N) is 1. The van der Waals surface area contributed by atoms with Gasteiger partial charge in [0, 0.05) is 17.8 Å². The Morgan fingerprint density at radius 1 is 1.03 bits per heavy atom. The van der Waals surface area contributed by atoms with Crippen molar-refractivity contribution in [1.82, 2.24) is 10.7 Å². The number of nitrogens with one attached hydrogen (secondary N) is 3. The molecule has 0 atom stereocenters. The van der Waals surface area contributed by atoms with Crippen LogP contribution in [0.1, 0.15) is 30.0 Å². The van der Waals surface area contributed by atoms with Crippen LogP contribution in [0.4, 0.5) is 5.69 Å². The molecule has 8 heteroatoms. The summed E-state index contributed by atoms with van der Waals surface area (Å²) < 4.78 is 5.59. The molecule has 0 saturated carbocycles. The van der Waals surface area contributed by atoms with Crippen LogP contribution in [0.15, 0.2) is 47.6 Å². The lowest BCUT2D eigenvalue weighted by Gasteiger charge is -2.10. The Morgan fingerprint density at radius 2 is 1.73 bits per heavy atom. The third-order valence-corrected chi connectivity index (χ3v) is 3.89. The predicted molar refractivity (Wildman–Crippen MR) is 116 cm³/mol. The van der Waals surface area contributed by atoms with E-state index in [0.29, 0.717) is 23.5 Å². The molecule has 2 rings (SSSR count). The van der Waals surface area contributed by atoms with Crippen molar-refractivity contribution in [2.45, 2.75) is 27.2 Å². The van der Waals surface area contributed by atoms with Gasteiger partial charge in [-0.25, -0.2) is 5.43 Å². The van der Waals surface area contributed by atoms with Crippen LogP contribution in [-0.2, 0) is 14.4 Å². The zero-order valence-electron chi connectivity index (χ0n) is 17.3. The van der Waals surface area contributed by atoms with Crippen LogP contribution in [0.3, 0.4) is 0 Å². The highest BCUT2D eigenvalue weighted by Gasteiger charge is 2.11. The lowest BCUT2D eigenvalue weighted by atomic mass is 10.1. The molecule has 3 amide bonds. The fourth-order valence-electron chi connectivity index (χ4n) is 2.64. The number of aryl methyl sites for hydroxylation is 2. The standard InChI is InChI=1S/C22H26N4O4/c1-4-9-23-21(28)22(29)26-24-13-17-7-5-6-8-19(17)30-14-20(27)25-18-11-15(2)10-16(3)12-18/h5-8,10-13H,4,9,14H2,1-3H3,(H,23,28)(H,25,27)(H,26,29)/b24-13-. The molecule has 0 bridgehead atoms. The molecule has 0 radical (unpaired) electrons. The smallest absolute Gasteiger partial charge is 0.329 e. The maximum Gasteiger partial charge on any atom is 0.329 e. The van der Waals surface area contributed by atoms with E-state index >= 15 is 0 Å². The van der Waals surface area contributed by atoms with Crippen molar-refractivity contribution in [3.8, 4) is 5.75 Å². The van der Waals surface area contributed by atoms with E-state index in [0.717, 1.165) is 17.5 Å². The molecule has 158 valence electrons. The van der Waals surface area contributed by atoms with Gasteiger partial charge in [0.15, 0.2) is 6.61 Å². The third kappa shape index (κ3) is 7.38. The minimum Gasteiger partial charge on any atom is -0.483 e. The Labute approximate surface area is 175 Å². The van der Waals surface area contributed by atoms with Gasteiger partial charge in [-0.2, -0.15) is 5.10 Å². The first-order valence-electron chi connectivity index (χ1n) is 9.60. The fourth-order valence-corrected chi connectivity index (χ4v) is 2.64. The van der Waals surface area contributed by atoms with E-state index < -0.39 is 11.8 Å². The van der Waals surface area contributed by atoms with Crippen LogP contribution in [0, 0.1) is 13.8 Å². The Bertz CT molecular complexity index is 920. The summed E-state index contributed by atoms with van der Waals surface area (Å²) in [4.78, 5) is 35.4. The van der Waals surface area contributed by atoms with Crippen molar-refractivity contribution in [3.63, 3.8) is 0 Å². The average Bonchev–Trinajstić information content (AvgIpc) is 2.70. The van der Waals surface area contributed by atoms with Crippen molar-refractivity contribution < 1.29 is 19.1 Å². The fraction of sp³-hybridized carbons (Fsp3) is 0.273. The molecule has 0 aliphatic heterocycles. The molecule has 3 N–H and O–H groups in total. The van der Waals surface area contributed by atoms with E-state index in [-0.39, 0.29) is 12.5 Å². The lowest BCUT2D eigenvalue weighted by Crippen LogP contribution is -2.38. The SMILES string of the molecule is CCCNC(=O)C(=O)N/N=C\c1ccccc1OCC(=O)Nc1cc(C)cc(C)c1. The van der Waals surface area contributed by atoms with Crippen LogP contribution in [0.25, 0.3) is 0 Å². The molecule has 0 saturated heterocycles. The Kier molecular flexibility index (Phi) is 8.56. The van der Waals surface area contributed by atoms with Crippen molar-refractivity contribution in [2.75, 3.05) is 18.5 Å². The second kappa shape index (κ2) is 11.4. The summed E-state index contributed by atoms with van der Waals surface area (Å²) in [6.07, 6.45) is 2.08. The first-order chi connectivity index (χ1) is 14.4. The maximum absolute atomic E-state index is 12.2. The number of benzene rings is 2. The van der Waals surface area contributed by atoms with Gasteiger partial charge >= 0.3 is 11.8 Å². The Morgan fingerprint density at radius 3 is 2.43 bits per heavy atom. The van der Waals surface area contributed by atoms with Gasteiger partial charge in [-0.1, -0.05) is 25.1 Å². The zero-order valence-corrected chi connectivity index (χ0v) is 17.3. The minimum absolute atomic E-state index is 0.191. The van der Waals surface area contributed by atoms with Crippen molar-refractivity contribution >= 4 is 29.6 Å². The number of hydrazone groups is 1. The summed E-state index contributed by atoms with van der Waals surface area (Å²) >= 11 is 0. The highest BCUT2D eigenvalue weighted by molar-refractivity contribution is 6.35. The molecule has 8 nitrogen and oxygen atoms in total. The number of anilines is 1. The molecule has 0 heterocycles. The number of carbonyl (C=O) groups is 3.